The lowest BCUT2D eigenvalue weighted by Gasteiger charge is -2.17. The molecule has 0 bridgehead atoms. The van der Waals surface area contributed by atoms with Gasteiger partial charge in [-0.25, -0.2) is 4.39 Å². The average molecular weight is 290 g/mol. The lowest BCUT2D eigenvalue weighted by atomic mass is 9.85. The van der Waals surface area contributed by atoms with Gasteiger partial charge in [-0.1, -0.05) is 72.8 Å². The van der Waals surface area contributed by atoms with E-state index >= 15 is 0 Å². The number of hydrogen-bond acceptors (Lipinski definition) is 1. The lowest BCUT2D eigenvalue weighted by molar-refractivity contribution is 0.0974. The Morgan fingerprint density at radius 2 is 1.32 bits per heavy atom. The highest BCUT2D eigenvalue weighted by molar-refractivity contribution is 6.03. The number of carbonyl (C=O) groups excluding carboxylic acids is 1. The van der Waals surface area contributed by atoms with E-state index in [1.165, 1.54) is 12.1 Å². The van der Waals surface area contributed by atoms with Crippen LogP contribution in [0.3, 0.4) is 0 Å². The highest BCUT2D eigenvalue weighted by atomic mass is 19.1. The van der Waals surface area contributed by atoms with Gasteiger partial charge in [0.05, 0.1) is 5.92 Å². The van der Waals surface area contributed by atoms with Crippen molar-refractivity contribution in [1.29, 1.82) is 0 Å². The molecule has 0 aromatic heterocycles. The SMILES string of the molecule is O=C(c1ccccc1)[C@H](c1ccccc1)c1cccc(F)c1. The molecule has 0 aliphatic carbocycles. The molecule has 3 rings (SSSR count). The third kappa shape index (κ3) is 2.96. The van der Waals surface area contributed by atoms with E-state index in [0.29, 0.717) is 11.1 Å². The summed E-state index contributed by atoms with van der Waals surface area (Å²) in [4.78, 5) is 12.9. The van der Waals surface area contributed by atoms with E-state index in [2.05, 4.69) is 0 Å². The largest absolute Gasteiger partial charge is 0.293 e. The molecule has 0 fully saturated rings. The third-order valence-corrected chi connectivity index (χ3v) is 3.64. The van der Waals surface area contributed by atoms with E-state index in [0.717, 1.165) is 5.56 Å². The van der Waals surface area contributed by atoms with Gasteiger partial charge in [-0.2, -0.15) is 0 Å². The molecule has 108 valence electrons. The molecule has 0 amide bonds. The van der Waals surface area contributed by atoms with Crippen molar-refractivity contribution in [3.05, 3.63) is 107 Å². The minimum absolute atomic E-state index is 0.0302. The predicted octanol–water partition coefficient (Wildman–Crippen LogP) is 4.84. The molecule has 3 aromatic rings. The van der Waals surface area contributed by atoms with E-state index in [-0.39, 0.29) is 11.6 Å². The molecule has 0 aliphatic rings. The fourth-order valence-corrected chi connectivity index (χ4v) is 2.60. The number of rotatable bonds is 4. The van der Waals surface area contributed by atoms with Gasteiger partial charge in [0, 0.05) is 5.56 Å². The molecular formula is C20H15FO. The zero-order valence-corrected chi connectivity index (χ0v) is 11.9. The fourth-order valence-electron chi connectivity index (χ4n) is 2.60. The minimum atomic E-state index is -0.501. The average Bonchev–Trinajstić information content (AvgIpc) is 2.57. The molecule has 3 aromatic carbocycles. The Morgan fingerprint density at radius 3 is 1.95 bits per heavy atom. The summed E-state index contributed by atoms with van der Waals surface area (Å²) in [5.74, 6) is -0.865. The van der Waals surface area contributed by atoms with Crippen molar-refractivity contribution in [2.45, 2.75) is 5.92 Å². The van der Waals surface area contributed by atoms with Crippen molar-refractivity contribution in [3.63, 3.8) is 0 Å². The normalized spacial score (nSPS) is 11.9. The molecular weight excluding hydrogens is 275 g/mol. The van der Waals surface area contributed by atoms with Gasteiger partial charge in [0.15, 0.2) is 5.78 Å². The van der Waals surface area contributed by atoms with Gasteiger partial charge in [-0.05, 0) is 23.3 Å². The standard InChI is InChI=1S/C20H15FO/c21-18-13-7-12-17(14-18)19(15-8-3-1-4-9-15)20(22)16-10-5-2-6-11-16/h1-14,19H/t19-/m1/s1. The van der Waals surface area contributed by atoms with Crippen LogP contribution in [0.15, 0.2) is 84.9 Å². The summed E-state index contributed by atoms with van der Waals surface area (Å²) in [6, 6.07) is 24.8. The smallest absolute Gasteiger partial charge is 0.174 e. The van der Waals surface area contributed by atoms with Crippen LogP contribution in [0, 0.1) is 5.82 Å². The number of halogens is 1. The van der Waals surface area contributed by atoms with Gasteiger partial charge in [0.25, 0.3) is 0 Å². The fraction of sp³-hybridized carbons (Fsp3) is 0.0500. The topological polar surface area (TPSA) is 17.1 Å². The maximum atomic E-state index is 13.6. The van der Waals surface area contributed by atoms with E-state index in [1.807, 2.05) is 48.5 Å². The van der Waals surface area contributed by atoms with Crippen molar-refractivity contribution in [3.8, 4) is 0 Å². The Labute approximate surface area is 129 Å². The van der Waals surface area contributed by atoms with Gasteiger partial charge in [-0.3, -0.25) is 4.79 Å². The third-order valence-electron chi connectivity index (χ3n) is 3.64. The van der Waals surface area contributed by atoms with Crippen LogP contribution in [0.4, 0.5) is 4.39 Å². The molecule has 1 atom stereocenters. The Bertz CT molecular complexity index is 766. The highest BCUT2D eigenvalue weighted by Crippen LogP contribution is 2.28. The van der Waals surface area contributed by atoms with Gasteiger partial charge in [-0.15, -0.1) is 0 Å². The summed E-state index contributed by atoms with van der Waals surface area (Å²) in [7, 11) is 0. The van der Waals surface area contributed by atoms with Gasteiger partial charge in [0.2, 0.25) is 0 Å². The summed E-state index contributed by atoms with van der Waals surface area (Å²) < 4.78 is 13.6. The van der Waals surface area contributed by atoms with Crippen LogP contribution in [0.25, 0.3) is 0 Å². The van der Waals surface area contributed by atoms with Crippen LogP contribution < -0.4 is 0 Å². The first-order valence-electron chi connectivity index (χ1n) is 7.15. The van der Waals surface area contributed by atoms with E-state index in [1.54, 1.807) is 24.3 Å². The number of benzene rings is 3. The molecule has 2 heteroatoms. The second-order valence-electron chi connectivity index (χ2n) is 5.13. The number of ketones is 1. The zero-order valence-electron chi connectivity index (χ0n) is 11.9. The Morgan fingerprint density at radius 1 is 0.727 bits per heavy atom. The summed E-state index contributed by atoms with van der Waals surface area (Å²) in [5, 5.41) is 0. The first kappa shape index (κ1) is 14.2. The lowest BCUT2D eigenvalue weighted by Crippen LogP contribution is -2.14. The van der Waals surface area contributed by atoms with Crippen LogP contribution in [-0.4, -0.2) is 5.78 Å². The summed E-state index contributed by atoms with van der Waals surface area (Å²) in [6.07, 6.45) is 0. The highest BCUT2D eigenvalue weighted by Gasteiger charge is 2.24. The second kappa shape index (κ2) is 6.35. The van der Waals surface area contributed by atoms with Gasteiger partial charge < -0.3 is 0 Å². The Hall–Kier alpha value is -2.74. The summed E-state index contributed by atoms with van der Waals surface area (Å²) >= 11 is 0. The minimum Gasteiger partial charge on any atom is -0.293 e. The zero-order chi connectivity index (χ0) is 15.4. The molecule has 22 heavy (non-hydrogen) atoms. The van der Waals surface area contributed by atoms with Crippen LogP contribution in [0.1, 0.15) is 27.4 Å². The van der Waals surface area contributed by atoms with Crippen LogP contribution >= 0.6 is 0 Å². The van der Waals surface area contributed by atoms with Crippen molar-refractivity contribution >= 4 is 5.78 Å². The maximum absolute atomic E-state index is 13.6. The van der Waals surface area contributed by atoms with Gasteiger partial charge in [0.1, 0.15) is 5.82 Å². The number of Topliss-reactive ketones (excluding diaryl/α,β-unsaturated/α-hetero) is 1. The molecule has 0 spiro atoms. The van der Waals surface area contributed by atoms with Crippen molar-refractivity contribution in [1.82, 2.24) is 0 Å². The first-order valence-corrected chi connectivity index (χ1v) is 7.15. The number of carbonyl (C=O) groups is 1. The van der Waals surface area contributed by atoms with E-state index < -0.39 is 5.92 Å². The second-order valence-corrected chi connectivity index (χ2v) is 5.13. The molecule has 0 radical (unpaired) electrons. The molecule has 0 heterocycles. The van der Waals surface area contributed by atoms with Gasteiger partial charge >= 0.3 is 0 Å². The Balaban J connectivity index is 2.10. The van der Waals surface area contributed by atoms with Crippen LogP contribution in [0.2, 0.25) is 0 Å². The van der Waals surface area contributed by atoms with Crippen molar-refractivity contribution < 1.29 is 9.18 Å². The molecule has 1 nitrogen and oxygen atoms in total. The van der Waals surface area contributed by atoms with Crippen LogP contribution in [-0.2, 0) is 0 Å². The molecule has 0 aliphatic heterocycles. The molecule has 0 N–H and O–H groups in total. The van der Waals surface area contributed by atoms with E-state index in [4.69, 9.17) is 0 Å². The summed E-state index contributed by atoms with van der Waals surface area (Å²) in [5.41, 5.74) is 2.16. The quantitative estimate of drug-likeness (QED) is 0.628. The maximum Gasteiger partial charge on any atom is 0.174 e. The number of hydrogen-bond donors (Lipinski definition) is 0. The van der Waals surface area contributed by atoms with Crippen molar-refractivity contribution in [2.24, 2.45) is 0 Å². The molecule has 0 saturated carbocycles. The predicted molar refractivity (Wildman–Crippen MR) is 85.5 cm³/mol. The van der Waals surface area contributed by atoms with Crippen LogP contribution in [0.5, 0.6) is 0 Å². The molecule has 0 saturated heterocycles. The first-order chi connectivity index (χ1) is 10.8. The van der Waals surface area contributed by atoms with E-state index in [9.17, 15) is 9.18 Å². The Kier molecular flexibility index (Phi) is 4.10. The molecule has 0 unspecified atom stereocenters. The summed E-state index contributed by atoms with van der Waals surface area (Å²) in [6.45, 7) is 0. The monoisotopic (exact) mass is 290 g/mol. The van der Waals surface area contributed by atoms with Crippen molar-refractivity contribution in [2.75, 3.05) is 0 Å².